The molecule has 0 saturated carbocycles. The van der Waals surface area contributed by atoms with Crippen LogP contribution in [0.3, 0.4) is 0 Å². The molecule has 0 rings (SSSR count). The van der Waals surface area contributed by atoms with Crippen LogP contribution >= 0.6 is 0 Å². The van der Waals surface area contributed by atoms with Crippen molar-refractivity contribution in [2.45, 2.75) is 161 Å². The first-order valence-electron chi connectivity index (χ1n) is 13.6. The summed E-state index contributed by atoms with van der Waals surface area (Å²) in [5.41, 5.74) is 0. The van der Waals surface area contributed by atoms with Crippen LogP contribution in [0, 0.1) is 13.8 Å². The van der Waals surface area contributed by atoms with Gasteiger partial charge in [0.05, 0.1) is 0 Å². The Bertz CT molecular complexity index is 290. The van der Waals surface area contributed by atoms with Gasteiger partial charge < -0.3 is 0 Å². The van der Waals surface area contributed by atoms with Gasteiger partial charge in [0.1, 0.15) is 0 Å². The average Bonchev–Trinajstić information content (AvgIpc) is 2.74. The van der Waals surface area contributed by atoms with E-state index in [4.69, 9.17) is 0 Å². The van der Waals surface area contributed by atoms with Crippen molar-refractivity contribution in [3.63, 3.8) is 0 Å². The van der Waals surface area contributed by atoms with Crippen molar-refractivity contribution in [1.82, 2.24) is 0 Å². The Labute approximate surface area is 186 Å². The van der Waals surface area contributed by atoms with Gasteiger partial charge >= 0.3 is 0 Å². The van der Waals surface area contributed by atoms with Crippen LogP contribution in [0.5, 0.6) is 0 Å². The van der Waals surface area contributed by atoms with Crippen molar-refractivity contribution in [3.8, 4) is 0 Å². The van der Waals surface area contributed by atoms with Gasteiger partial charge in [0.2, 0.25) is 0 Å². The molecule has 0 spiro atoms. The normalized spacial score (nSPS) is 11.7. The van der Waals surface area contributed by atoms with Crippen LogP contribution < -0.4 is 0 Å². The highest BCUT2D eigenvalue weighted by atomic mass is 14.0. The first kappa shape index (κ1) is 28.7. The van der Waals surface area contributed by atoms with Crippen LogP contribution in [0.25, 0.3) is 0 Å². The van der Waals surface area contributed by atoms with E-state index in [1.807, 2.05) is 0 Å². The van der Waals surface area contributed by atoms with Gasteiger partial charge in [-0.25, -0.2) is 0 Å². The van der Waals surface area contributed by atoms with Crippen LogP contribution in [0.15, 0.2) is 12.2 Å². The third-order valence-electron chi connectivity index (χ3n) is 6.16. The lowest BCUT2D eigenvalue weighted by Crippen LogP contribution is -1.83. The van der Waals surface area contributed by atoms with Crippen LogP contribution in [0.2, 0.25) is 0 Å². The van der Waals surface area contributed by atoms with E-state index in [2.05, 4.69) is 26.0 Å². The minimum atomic E-state index is 1.12. The molecule has 0 N–H and O–H groups in total. The second-order valence-corrected chi connectivity index (χ2v) is 9.18. The van der Waals surface area contributed by atoms with E-state index in [1.54, 1.807) is 0 Å². The Hall–Kier alpha value is -0.260. The molecule has 0 bridgehead atoms. The average molecular weight is 405 g/mol. The topological polar surface area (TPSA) is 0 Å². The van der Waals surface area contributed by atoms with Gasteiger partial charge in [-0.15, -0.1) is 0 Å². The van der Waals surface area contributed by atoms with Gasteiger partial charge in [-0.2, -0.15) is 0 Å². The summed E-state index contributed by atoms with van der Waals surface area (Å²) in [4.78, 5) is 0. The SMILES string of the molecule is [CH2]CCCCCCCCCC/C=C/CCCCCCCCCCCCCCC[CH2]. The van der Waals surface area contributed by atoms with Gasteiger partial charge in [-0.05, 0) is 25.7 Å². The first-order chi connectivity index (χ1) is 14.4. The van der Waals surface area contributed by atoms with Crippen LogP contribution in [0.4, 0.5) is 0 Å². The highest BCUT2D eigenvalue weighted by Gasteiger charge is 1.94. The van der Waals surface area contributed by atoms with Crippen molar-refractivity contribution in [2.75, 3.05) is 0 Å². The van der Waals surface area contributed by atoms with E-state index >= 15 is 0 Å². The molecule has 0 nitrogen and oxygen atoms in total. The Balaban J connectivity index is 3.05. The molecule has 172 valence electrons. The van der Waals surface area contributed by atoms with E-state index < -0.39 is 0 Å². The summed E-state index contributed by atoms with van der Waals surface area (Å²) in [5, 5.41) is 0. The van der Waals surface area contributed by atoms with Gasteiger partial charge in [0, 0.05) is 0 Å². The Morgan fingerprint density at radius 1 is 0.276 bits per heavy atom. The van der Waals surface area contributed by atoms with Crippen molar-refractivity contribution in [3.05, 3.63) is 26.0 Å². The monoisotopic (exact) mass is 404 g/mol. The molecule has 0 aliphatic rings. The van der Waals surface area contributed by atoms with E-state index in [0.717, 1.165) is 12.8 Å². The Morgan fingerprint density at radius 2 is 0.483 bits per heavy atom. The van der Waals surface area contributed by atoms with Crippen LogP contribution in [0.1, 0.15) is 161 Å². The quantitative estimate of drug-likeness (QED) is 0.105. The molecule has 0 aromatic rings. The summed E-state index contributed by atoms with van der Waals surface area (Å²) < 4.78 is 0. The standard InChI is InChI=1S/C29H56/c1-3-5-7-9-11-13-15-17-19-21-23-25-27-29-28-26-24-22-20-18-16-14-12-10-8-6-4-2/h23,25H,1-22,24,26-29H2/b25-23+. The molecule has 0 fully saturated rings. The molecule has 0 amide bonds. The summed E-state index contributed by atoms with van der Waals surface area (Å²) in [6, 6.07) is 0. The minimum Gasteiger partial charge on any atom is -0.0885 e. The fourth-order valence-electron chi connectivity index (χ4n) is 4.12. The van der Waals surface area contributed by atoms with Gasteiger partial charge in [0.25, 0.3) is 0 Å². The zero-order valence-corrected chi connectivity index (χ0v) is 20.2. The molecule has 0 heteroatoms. The molecule has 0 aromatic heterocycles. The summed E-state index contributed by atoms with van der Waals surface area (Å²) in [5.74, 6) is 0. The van der Waals surface area contributed by atoms with E-state index in [1.165, 1.54) is 148 Å². The van der Waals surface area contributed by atoms with E-state index in [0.29, 0.717) is 0 Å². The summed E-state index contributed by atoms with van der Waals surface area (Å²) in [6.45, 7) is 7.82. The lowest BCUT2D eigenvalue weighted by molar-refractivity contribution is 0.537. The Kier molecular flexibility index (Phi) is 27.5. The molecule has 0 aromatic carbocycles. The van der Waals surface area contributed by atoms with Crippen LogP contribution in [-0.2, 0) is 0 Å². The first-order valence-corrected chi connectivity index (χ1v) is 13.6. The molecular formula is C29H56. The van der Waals surface area contributed by atoms with Gasteiger partial charge in [-0.3, -0.25) is 0 Å². The van der Waals surface area contributed by atoms with E-state index in [9.17, 15) is 0 Å². The maximum atomic E-state index is 3.91. The van der Waals surface area contributed by atoms with Crippen molar-refractivity contribution in [2.24, 2.45) is 0 Å². The lowest BCUT2D eigenvalue weighted by Gasteiger charge is -2.03. The summed E-state index contributed by atoms with van der Waals surface area (Å²) in [7, 11) is 0. The molecule has 0 saturated heterocycles. The number of hydrogen-bond donors (Lipinski definition) is 0. The molecule has 0 aliphatic heterocycles. The molecule has 0 aliphatic carbocycles. The molecule has 0 unspecified atom stereocenters. The second-order valence-electron chi connectivity index (χ2n) is 9.18. The van der Waals surface area contributed by atoms with E-state index in [-0.39, 0.29) is 0 Å². The molecule has 0 atom stereocenters. The summed E-state index contributed by atoms with van der Waals surface area (Å²) >= 11 is 0. The summed E-state index contributed by atoms with van der Waals surface area (Å²) in [6.07, 6.45) is 39.7. The molecule has 29 heavy (non-hydrogen) atoms. The molecule has 0 heterocycles. The van der Waals surface area contributed by atoms with Gasteiger partial charge in [0.15, 0.2) is 0 Å². The Morgan fingerprint density at radius 3 is 0.724 bits per heavy atom. The van der Waals surface area contributed by atoms with Crippen molar-refractivity contribution >= 4 is 0 Å². The zero-order chi connectivity index (χ0) is 21.1. The third kappa shape index (κ3) is 27.7. The van der Waals surface area contributed by atoms with Crippen molar-refractivity contribution < 1.29 is 0 Å². The third-order valence-corrected chi connectivity index (χ3v) is 6.16. The largest absolute Gasteiger partial charge is 0.0885 e. The fourth-order valence-corrected chi connectivity index (χ4v) is 4.12. The van der Waals surface area contributed by atoms with Crippen LogP contribution in [-0.4, -0.2) is 0 Å². The predicted octanol–water partition coefficient (Wildman–Crippen LogP) is 11.0. The smallest absolute Gasteiger partial charge is 0.0351 e. The second kappa shape index (κ2) is 27.7. The highest BCUT2D eigenvalue weighted by Crippen LogP contribution is 2.14. The predicted molar refractivity (Wildman–Crippen MR) is 135 cm³/mol. The number of allylic oxidation sites excluding steroid dienone is 2. The van der Waals surface area contributed by atoms with Crippen molar-refractivity contribution in [1.29, 1.82) is 0 Å². The fraction of sp³-hybridized carbons (Fsp3) is 0.862. The lowest BCUT2D eigenvalue weighted by atomic mass is 10.0. The highest BCUT2D eigenvalue weighted by molar-refractivity contribution is 4.81. The maximum Gasteiger partial charge on any atom is -0.0351 e. The number of hydrogen-bond acceptors (Lipinski definition) is 0. The molecular weight excluding hydrogens is 348 g/mol. The van der Waals surface area contributed by atoms with Gasteiger partial charge in [-0.1, -0.05) is 161 Å². The number of rotatable bonds is 25. The minimum absolute atomic E-state index is 1.12. The zero-order valence-electron chi connectivity index (χ0n) is 20.2. The number of unbranched alkanes of at least 4 members (excludes halogenated alkanes) is 23. The maximum absolute atomic E-state index is 3.91. The molecule has 2 radical (unpaired) electrons.